The fourth-order valence-electron chi connectivity index (χ4n) is 3.15. The van der Waals surface area contributed by atoms with Crippen LogP contribution in [0.15, 0.2) is 85.1 Å². The van der Waals surface area contributed by atoms with Gasteiger partial charge in [0.15, 0.2) is 6.54 Å². The molecule has 1 unspecified atom stereocenters. The van der Waals surface area contributed by atoms with Crippen LogP contribution in [0.25, 0.3) is 0 Å². The summed E-state index contributed by atoms with van der Waals surface area (Å²) in [5, 5.41) is 11.5. The molecule has 0 spiro atoms. The first-order chi connectivity index (χ1) is 10.8. The van der Waals surface area contributed by atoms with Crippen LogP contribution in [-0.2, 0) is 12.3 Å². The third-order valence-electron chi connectivity index (χ3n) is 4.16. The lowest BCUT2D eigenvalue weighted by molar-refractivity contribution is -0.683. The molecule has 1 aliphatic rings. The molecule has 2 heterocycles. The molecule has 0 bridgehead atoms. The molecule has 2 aromatic carbocycles. The van der Waals surface area contributed by atoms with Gasteiger partial charge in [0.25, 0.3) is 11.5 Å². The molecule has 4 heteroatoms. The molecule has 23 heavy (non-hydrogen) atoms. The van der Waals surface area contributed by atoms with Gasteiger partial charge in [0.05, 0.1) is 6.20 Å². The molecule has 0 radical (unpaired) electrons. The first-order valence-electron chi connectivity index (χ1n) is 7.41. The summed E-state index contributed by atoms with van der Waals surface area (Å²) in [5.74, 6) is 0.986. The Morgan fingerprint density at radius 2 is 1.43 bits per heavy atom. The first kappa shape index (κ1) is 15.7. The lowest BCUT2D eigenvalue weighted by atomic mass is 10.0. The van der Waals surface area contributed by atoms with E-state index >= 15 is 0 Å². The van der Waals surface area contributed by atoms with E-state index in [-0.39, 0.29) is 17.0 Å². The Hall–Kier alpha value is -2.17. The zero-order valence-electron chi connectivity index (χ0n) is 12.5. The number of benzene rings is 2. The molecule has 116 valence electrons. The Balaban J connectivity index is 0.00000156. The molecule has 0 amide bonds. The van der Waals surface area contributed by atoms with Gasteiger partial charge in [0, 0.05) is 11.6 Å². The Labute approximate surface area is 146 Å². The maximum absolute atomic E-state index is 11.5. The SMILES string of the molecule is Br.OC1(c2ccccc2)C[n+]2ccccc2N1c1ccccc1. The number of pyridine rings is 1. The van der Waals surface area contributed by atoms with Crippen molar-refractivity contribution in [2.24, 2.45) is 0 Å². The van der Waals surface area contributed by atoms with E-state index < -0.39 is 5.72 Å². The van der Waals surface area contributed by atoms with Crippen molar-refractivity contribution in [3.8, 4) is 0 Å². The summed E-state index contributed by atoms with van der Waals surface area (Å²) in [6.45, 7) is 0.502. The number of nitrogens with zero attached hydrogens (tertiary/aromatic N) is 2. The fourth-order valence-corrected chi connectivity index (χ4v) is 3.15. The number of hydrogen-bond acceptors (Lipinski definition) is 2. The van der Waals surface area contributed by atoms with Crippen molar-refractivity contribution < 1.29 is 9.67 Å². The summed E-state index contributed by atoms with van der Waals surface area (Å²) in [6, 6.07) is 25.9. The lowest BCUT2D eigenvalue weighted by Crippen LogP contribution is -2.43. The molecule has 1 aliphatic heterocycles. The normalized spacial score (nSPS) is 19.1. The van der Waals surface area contributed by atoms with Crippen LogP contribution in [0.2, 0.25) is 0 Å². The monoisotopic (exact) mass is 369 g/mol. The maximum Gasteiger partial charge on any atom is 0.284 e. The molecule has 1 aromatic heterocycles. The molecular formula is C19H18BrN2O+. The Kier molecular flexibility index (Phi) is 4.20. The number of aliphatic hydroxyl groups is 1. The second-order valence-corrected chi connectivity index (χ2v) is 5.54. The zero-order valence-corrected chi connectivity index (χ0v) is 14.3. The van der Waals surface area contributed by atoms with Gasteiger partial charge in [-0.2, -0.15) is 4.90 Å². The predicted octanol–water partition coefficient (Wildman–Crippen LogP) is 3.55. The van der Waals surface area contributed by atoms with Crippen molar-refractivity contribution in [2.75, 3.05) is 4.90 Å². The second-order valence-electron chi connectivity index (χ2n) is 5.54. The summed E-state index contributed by atoms with van der Waals surface area (Å²) < 4.78 is 2.08. The minimum atomic E-state index is -1.09. The van der Waals surface area contributed by atoms with Gasteiger partial charge in [-0.1, -0.05) is 54.6 Å². The predicted molar refractivity (Wildman–Crippen MR) is 95.9 cm³/mol. The van der Waals surface area contributed by atoms with Crippen LogP contribution < -0.4 is 9.47 Å². The van der Waals surface area contributed by atoms with Crippen molar-refractivity contribution in [1.29, 1.82) is 0 Å². The summed E-state index contributed by atoms with van der Waals surface area (Å²) in [4.78, 5) is 2.00. The summed E-state index contributed by atoms with van der Waals surface area (Å²) >= 11 is 0. The number of hydrogen-bond donors (Lipinski definition) is 1. The third kappa shape index (κ3) is 2.54. The number of rotatable bonds is 2. The largest absolute Gasteiger partial charge is 0.346 e. The molecule has 3 aromatic rings. The van der Waals surface area contributed by atoms with Gasteiger partial charge in [0.2, 0.25) is 0 Å². The van der Waals surface area contributed by atoms with Crippen LogP contribution in [0.5, 0.6) is 0 Å². The van der Waals surface area contributed by atoms with Gasteiger partial charge >= 0.3 is 0 Å². The highest BCUT2D eigenvalue weighted by atomic mass is 79.9. The Bertz CT molecular complexity index is 795. The van der Waals surface area contributed by atoms with E-state index in [0.717, 1.165) is 17.1 Å². The van der Waals surface area contributed by atoms with E-state index in [4.69, 9.17) is 0 Å². The van der Waals surface area contributed by atoms with Crippen LogP contribution in [0.3, 0.4) is 0 Å². The molecule has 0 aliphatic carbocycles. The van der Waals surface area contributed by atoms with Gasteiger partial charge < -0.3 is 5.11 Å². The Morgan fingerprint density at radius 3 is 2.13 bits per heavy atom. The van der Waals surface area contributed by atoms with E-state index in [1.807, 2.05) is 90.0 Å². The number of halogens is 1. The topological polar surface area (TPSA) is 27.4 Å². The minimum Gasteiger partial charge on any atom is -0.346 e. The summed E-state index contributed by atoms with van der Waals surface area (Å²) in [7, 11) is 0. The first-order valence-corrected chi connectivity index (χ1v) is 7.41. The van der Waals surface area contributed by atoms with E-state index in [0.29, 0.717) is 6.54 Å². The molecule has 1 atom stereocenters. The highest BCUT2D eigenvalue weighted by molar-refractivity contribution is 8.93. The van der Waals surface area contributed by atoms with Crippen molar-refractivity contribution in [1.82, 2.24) is 0 Å². The maximum atomic E-state index is 11.5. The quantitative estimate of drug-likeness (QED) is 0.699. The Morgan fingerprint density at radius 1 is 0.826 bits per heavy atom. The summed E-state index contributed by atoms with van der Waals surface area (Å²) in [5.41, 5.74) is 0.783. The van der Waals surface area contributed by atoms with Crippen LogP contribution in [-0.4, -0.2) is 5.11 Å². The lowest BCUT2D eigenvalue weighted by Gasteiger charge is -2.27. The molecule has 4 rings (SSSR count). The van der Waals surface area contributed by atoms with E-state index in [2.05, 4.69) is 4.57 Å². The average molecular weight is 370 g/mol. The standard InChI is InChI=1S/C19H17N2O.BrH/c22-19(16-9-3-1-4-10-16)15-20-14-8-7-13-18(20)21(19)17-11-5-2-6-12-17;/h1-14,22H,15H2;1H/q+1;. The van der Waals surface area contributed by atoms with Crippen molar-refractivity contribution in [3.05, 3.63) is 90.6 Å². The van der Waals surface area contributed by atoms with Crippen LogP contribution in [0.1, 0.15) is 5.56 Å². The van der Waals surface area contributed by atoms with Crippen molar-refractivity contribution in [2.45, 2.75) is 12.3 Å². The molecule has 0 saturated carbocycles. The molecule has 0 saturated heterocycles. The fraction of sp³-hybridized carbons (Fsp3) is 0.105. The third-order valence-corrected chi connectivity index (χ3v) is 4.16. The highest BCUT2D eigenvalue weighted by Gasteiger charge is 2.52. The molecule has 1 N–H and O–H groups in total. The van der Waals surface area contributed by atoms with Gasteiger partial charge in [-0.3, -0.25) is 0 Å². The zero-order chi connectivity index (χ0) is 15.0. The molecular weight excluding hydrogens is 352 g/mol. The van der Waals surface area contributed by atoms with Crippen LogP contribution >= 0.6 is 17.0 Å². The van der Waals surface area contributed by atoms with Crippen LogP contribution in [0.4, 0.5) is 11.5 Å². The van der Waals surface area contributed by atoms with Gasteiger partial charge in [-0.25, -0.2) is 4.57 Å². The smallest absolute Gasteiger partial charge is 0.284 e. The molecule has 3 nitrogen and oxygen atoms in total. The number of fused-ring (bicyclic) bond motifs is 1. The second kappa shape index (κ2) is 6.14. The van der Waals surface area contributed by atoms with Gasteiger partial charge in [0.1, 0.15) is 5.69 Å². The summed E-state index contributed by atoms with van der Waals surface area (Å²) in [6.07, 6.45) is 2.01. The van der Waals surface area contributed by atoms with Gasteiger partial charge in [-0.05, 0) is 18.2 Å². The highest BCUT2D eigenvalue weighted by Crippen LogP contribution is 2.40. The van der Waals surface area contributed by atoms with E-state index in [1.54, 1.807) is 0 Å². The van der Waals surface area contributed by atoms with E-state index in [9.17, 15) is 5.11 Å². The van der Waals surface area contributed by atoms with Crippen molar-refractivity contribution >= 4 is 28.5 Å². The van der Waals surface area contributed by atoms with Crippen molar-refractivity contribution in [3.63, 3.8) is 0 Å². The number of para-hydroxylation sites is 1. The van der Waals surface area contributed by atoms with E-state index in [1.165, 1.54) is 0 Å². The average Bonchev–Trinajstić information content (AvgIpc) is 2.90. The number of aromatic nitrogens is 1. The minimum absolute atomic E-state index is 0. The molecule has 0 fully saturated rings. The number of anilines is 2. The van der Waals surface area contributed by atoms with Gasteiger partial charge in [-0.15, -0.1) is 17.0 Å². The van der Waals surface area contributed by atoms with Crippen LogP contribution in [0, 0.1) is 0 Å².